The van der Waals surface area contributed by atoms with E-state index < -0.39 is 0 Å². The van der Waals surface area contributed by atoms with Crippen LogP contribution in [0.4, 0.5) is 5.69 Å². The van der Waals surface area contributed by atoms with Gasteiger partial charge in [0, 0.05) is 11.3 Å². The van der Waals surface area contributed by atoms with E-state index >= 15 is 0 Å². The molecule has 0 amide bonds. The monoisotopic (exact) mass is 415 g/mol. The van der Waals surface area contributed by atoms with Gasteiger partial charge < -0.3 is 19.9 Å². The first kappa shape index (κ1) is 16.0. The van der Waals surface area contributed by atoms with Crippen molar-refractivity contribution in [3.8, 4) is 17.2 Å². The summed E-state index contributed by atoms with van der Waals surface area (Å²) in [7, 11) is 3.24. The summed E-state index contributed by atoms with van der Waals surface area (Å²) in [6.45, 7) is 0.353. The lowest BCUT2D eigenvalue weighted by Gasteiger charge is -2.13. The fourth-order valence-electron chi connectivity index (χ4n) is 1.84. The van der Waals surface area contributed by atoms with Crippen molar-refractivity contribution in [1.82, 2.24) is 0 Å². The number of halogens is 2. The Labute approximate surface area is 140 Å². The van der Waals surface area contributed by atoms with Gasteiger partial charge in [-0.05, 0) is 62.2 Å². The zero-order valence-electron chi connectivity index (χ0n) is 11.7. The van der Waals surface area contributed by atoms with Gasteiger partial charge in [0.15, 0.2) is 0 Å². The lowest BCUT2D eigenvalue weighted by atomic mass is 10.2. The van der Waals surface area contributed by atoms with Gasteiger partial charge >= 0.3 is 0 Å². The smallest absolute Gasteiger partial charge is 0.135 e. The van der Waals surface area contributed by atoms with Gasteiger partial charge in [0.1, 0.15) is 23.9 Å². The van der Waals surface area contributed by atoms with Crippen molar-refractivity contribution in [3.05, 3.63) is 44.8 Å². The number of rotatable bonds is 5. The topological polar surface area (TPSA) is 53.7 Å². The molecule has 112 valence electrons. The van der Waals surface area contributed by atoms with Crippen molar-refractivity contribution in [2.75, 3.05) is 20.0 Å². The summed E-state index contributed by atoms with van der Waals surface area (Å²) in [6, 6.07) is 9.15. The maximum atomic E-state index is 5.83. The third kappa shape index (κ3) is 3.83. The van der Waals surface area contributed by atoms with Gasteiger partial charge in [-0.3, -0.25) is 0 Å². The third-order valence-corrected chi connectivity index (χ3v) is 4.13. The molecule has 0 spiro atoms. The summed E-state index contributed by atoms with van der Waals surface area (Å²) < 4.78 is 18.0. The summed E-state index contributed by atoms with van der Waals surface area (Å²) in [5, 5.41) is 0. The number of ether oxygens (including phenoxy) is 3. The Morgan fingerprint density at radius 1 is 0.905 bits per heavy atom. The van der Waals surface area contributed by atoms with E-state index in [1.54, 1.807) is 20.3 Å². The molecular weight excluding hydrogens is 402 g/mol. The molecule has 21 heavy (non-hydrogen) atoms. The largest absolute Gasteiger partial charge is 0.496 e. The minimum Gasteiger partial charge on any atom is -0.496 e. The first-order valence-corrected chi connectivity index (χ1v) is 7.72. The van der Waals surface area contributed by atoms with Crippen LogP contribution in [0.3, 0.4) is 0 Å². The molecule has 0 saturated heterocycles. The standard InChI is InChI=1S/C15H15Br2NO3/c1-19-13-4-3-10(18)5-9(13)8-21-15-7-11(16)14(20-2)6-12(15)17/h3-7H,8,18H2,1-2H3. The molecule has 2 aromatic carbocycles. The molecule has 2 N–H and O–H groups in total. The molecule has 0 radical (unpaired) electrons. The lowest BCUT2D eigenvalue weighted by molar-refractivity contribution is 0.294. The Hall–Kier alpha value is -1.40. The van der Waals surface area contributed by atoms with E-state index in [0.717, 1.165) is 26.0 Å². The molecule has 6 heteroatoms. The Balaban J connectivity index is 2.20. The molecule has 0 aliphatic rings. The summed E-state index contributed by atoms with van der Waals surface area (Å²) in [6.07, 6.45) is 0. The van der Waals surface area contributed by atoms with Gasteiger partial charge in [-0.15, -0.1) is 0 Å². The van der Waals surface area contributed by atoms with Gasteiger partial charge in [0.2, 0.25) is 0 Å². The average molecular weight is 417 g/mol. The second kappa shape index (κ2) is 7.04. The van der Waals surface area contributed by atoms with E-state index in [0.29, 0.717) is 18.0 Å². The van der Waals surface area contributed by atoms with Crippen LogP contribution < -0.4 is 19.9 Å². The quantitative estimate of drug-likeness (QED) is 0.734. The summed E-state index contributed by atoms with van der Waals surface area (Å²) in [5.41, 5.74) is 7.35. The second-order valence-corrected chi connectivity index (χ2v) is 5.99. The maximum absolute atomic E-state index is 5.83. The Kier molecular flexibility index (Phi) is 5.36. The summed E-state index contributed by atoms with van der Waals surface area (Å²) in [4.78, 5) is 0. The number of hydrogen-bond acceptors (Lipinski definition) is 4. The van der Waals surface area contributed by atoms with Gasteiger partial charge in [-0.2, -0.15) is 0 Å². The van der Waals surface area contributed by atoms with E-state index in [2.05, 4.69) is 31.9 Å². The fraction of sp³-hybridized carbons (Fsp3) is 0.200. The number of nitrogens with two attached hydrogens (primary N) is 1. The zero-order valence-corrected chi connectivity index (χ0v) is 14.8. The average Bonchev–Trinajstić information content (AvgIpc) is 2.47. The highest BCUT2D eigenvalue weighted by Crippen LogP contribution is 2.36. The van der Waals surface area contributed by atoms with Crippen molar-refractivity contribution in [2.45, 2.75) is 6.61 Å². The van der Waals surface area contributed by atoms with Crippen molar-refractivity contribution in [2.24, 2.45) is 0 Å². The highest BCUT2D eigenvalue weighted by Gasteiger charge is 2.10. The molecule has 4 nitrogen and oxygen atoms in total. The van der Waals surface area contributed by atoms with Crippen molar-refractivity contribution < 1.29 is 14.2 Å². The van der Waals surface area contributed by atoms with E-state index in [4.69, 9.17) is 19.9 Å². The molecule has 0 unspecified atom stereocenters. The van der Waals surface area contributed by atoms with Gasteiger partial charge in [-0.25, -0.2) is 0 Å². The highest BCUT2D eigenvalue weighted by atomic mass is 79.9. The van der Waals surface area contributed by atoms with Crippen LogP contribution in [0.5, 0.6) is 17.2 Å². The number of hydrogen-bond donors (Lipinski definition) is 1. The van der Waals surface area contributed by atoms with Crippen LogP contribution in [-0.4, -0.2) is 14.2 Å². The normalized spacial score (nSPS) is 10.3. The van der Waals surface area contributed by atoms with Crippen LogP contribution in [0.2, 0.25) is 0 Å². The third-order valence-electron chi connectivity index (χ3n) is 2.89. The first-order valence-electron chi connectivity index (χ1n) is 6.13. The zero-order chi connectivity index (χ0) is 15.4. The minimum atomic E-state index is 0.353. The molecule has 0 aromatic heterocycles. The molecule has 0 aliphatic carbocycles. The van der Waals surface area contributed by atoms with Crippen LogP contribution in [-0.2, 0) is 6.61 Å². The van der Waals surface area contributed by atoms with E-state index in [1.165, 1.54) is 0 Å². The Morgan fingerprint density at radius 2 is 1.52 bits per heavy atom. The molecule has 0 atom stereocenters. The molecule has 0 aliphatic heterocycles. The van der Waals surface area contributed by atoms with Crippen molar-refractivity contribution >= 4 is 37.5 Å². The number of anilines is 1. The Morgan fingerprint density at radius 3 is 2.19 bits per heavy atom. The predicted octanol–water partition coefficient (Wildman–Crippen LogP) is 4.39. The number of benzene rings is 2. The molecule has 0 fully saturated rings. The molecular formula is C15H15Br2NO3. The van der Waals surface area contributed by atoms with E-state index in [-0.39, 0.29) is 0 Å². The SMILES string of the molecule is COc1cc(Br)c(OCc2cc(N)ccc2OC)cc1Br. The van der Waals surface area contributed by atoms with E-state index in [1.807, 2.05) is 24.3 Å². The second-order valence-electron chi connectivity index (χ2n) is 4.28. The van der Waals surface area contributed by atoms with Crippen LogP contribution in [0, 0.1) is 0 Å². The molecule has 0 saturated carbocycles. The van der Waals surface area contributed by atoms with Crippen molar-refractivity contribution in [3.63, 3.8) is 0 Å². The molecule has 2 aromatic rings. The number of methoxy groups -OCH3 is 2. The lowest BCUT2D eigenvalue weighted by Crippen LogP contribution is -2.01. The van der Waals surface area contributed by atoms with Crippen molar-refractivity contribution in [1.29, 1.82) is 0 Å². The van der Waals surface area contributed by atoms with E-state index in [9.17, 15) is 0 Å². The minimum absolute atomic E-state index is 0.353. The fourth-order valence-corrected chi connectivity index (χ4v) is 2.77. The summed E-state index contributed by atoms with van der Waals surface area (Å²) in [5.74, 6) is 2.18. The molecule has 2 rings (SSSR count). The molecule has 0 heterocycles. The predicted molar refractivity (Wildman–Crippen MR) is 90.1 cm³/mol. The Bertz CT molecular complexity index is 647. The van der Waals surface area contributed by atoms with Gasteiger partial charge in [0.25, 0.3) is 0 Å². The highest BCUT2D eigenvalue weighted by molar-refractivity contribution is 9.11. The van der Waals surface area contributed by atoms with Crippen LogP contribution in [0.15, 0.2) is 39.3 Å². The maximum Gasteiger partial charge on any atom is 0.135 e. The van der Waals surface area contributed by atoms with Crippen LogP contribution in [0.1, 0.15) is 5.56 Å². The number of nitrogen functional groups attached to an aromatic ring is 1. The summed E-state index contributed by atoms with van der Waals surface area (Å²) >= 11 is 6.90. The van der Waals surface area contributed by atoms with Crippen LogP contribution in [0.25, 0.3) is 0 Å². The van der Waals surface area contributed by atoms with Crippen LogP contribution >= 0.6 is 31.9 Å². The first-order chi connectivity index (χ1) is 10.0. The van der Waals surface area contributed by atoms with Gasteiger partial charge in [0.05, 0.1) is 23.2 Å². The molecule has 0 bridgehead atoms. The van der Waals surface area contributed by atoms with Gasteiger partial charge in [-0.1, -0.05) is 0 Å².